The van der Waals surface area contributed by atoms with Crippen LogP contribution in [0.5, 0.6) is 5.75 Å². The topological polar surface area (TPSA) is 90.3 Å². The van der Waals surface area contributed by atoms with Gasteiger partial charge in [0.2, 0.25) is 0 Å². The number of aliphatic hydroxyl groups excluding tert-OH is 1. The van der Waals surface area contributed by atoms with E-state index in [9.17, 15) is 19.8 Å². The number of Topliss-reactive ketones (excluding diaryl/α,β-unsaturated/α-hetero) is 1. The van der Waals surface area contributed by atoms with Crippen LogP contribution in [0, 0.1) is 6.92 Å². The van der Waals surface area contributed by atoms with Crippen molar-refractivity contribution in [1.29, 1.82) is 0 Å². The fourth-order valence-electron chi connectivity index (χ4n) is 4.34. The van der Waals surface area contributed by atoms with Gasteiger partial charge in [-0.3, -0.25) is 14.5 Å². The average Bonchev–Trinajstić information content (AvgIpc) is 3.06. The summed E-state index contributed by atoms with van der Waals surface area (Å²) in [7, 11) is 0. The van der Waals surface area contributed by atoms with Crippen molar-refractivity contribution in [3.8, 4) is 5.75 Å². The van der Waals surface area contributed by atoms with Gasteiger partial charge >= 0.3 is 0 Å². The maximum Gasteiger partial charge on any atom is 0.295 e. The lowest BCUT2D eigenvalue weighted by Gasteiger charge is -2.29. The van der Waals surface area contributed by atoms with Gasteiger partial charge in [0.25, 0.3) is 11.7 Å². The van der Waals surface area contributed by atoms with Crippen LogP contribution in [0.2, 0.25) is 5.02 Å². The fraction of sp³-hybridized carbons (Fsp3) is 0.360. The number of carbonyl (C=O) groups is 2. The first-order chi connectivity index (χ1) is 15.9. The molecule has 2 aliphatic rings. The number of ketones is 1. The number of benzene rings is 2. The smallest absolute Gasteiger partial charge is 0.295 e. The minimum absolute atomic E-state index is 0.0194. The molecule has 2 aromatic carbocycles. The molecule has 0 saturated carbocycles. The van der Waals surface area contributed by atoms with Gasteiger partial charge in [-0.1, -0.05) is 41.4 Å². The SMILES string of the molecule is Cc1ccc(C2C(=C(O)c3cc(Cl)ccc3O)C(=O)C(=O)N2CCCN2CCOCC2)cc1. The molecule has 7 nitrogen and oxygen atoms in total. The van der Waals surface area contributed by atoms with E-state index < -0.39 is 23.5 Å². The van der Waals surface area contributed by atoms with Gasteiger partial charge < -0.3 is 19.8 Å². The molecule has 0 aromatic heterocycles. The highest BCUT2D eigenvalue weighted by Crippen LogP contribution is 2.41. The van der Waals surface area contributed by atoms with Crippen LogP contribution in [0.1, 0.15) is 29.2 Å². The lowest BCUT2D eigenvalue weighted by atomic mass is 9.94. The van der Waals surface area contributed by atoms with Gasteiger partial charge in [-0.2, -0.15) is 0 Å². The minimum atomic E-state index is -0.774. The van der Waals surface area contributed by atoms with Gasteiger partial charge in [0.05, 0.1) is 30.4 Å². The molecule has 0 radical (unpaired) electrons. The van der Waals surface area contributed by atoms with E-state index in [-0.39, 0.29) is 16.9 Å². The van der Waals surface area contributed by atoms with Gasteiger partial charge in [-0.25, -0.2) is 0 Å². The number of nitrogens with zero attached hydrogens (tertiary/aromatic N) is 2. The van der Waals surface area contributed by atoms with Crippen LogP contribution in [0.15, 0.2) is 48.0 Å². The van der Waals surface area contributed by atoms with Gasteiger partial charge in [0.1, 0.15) is 11.5 Å². The van der Waals surface area contributed by atoms with Crippen LogP contribution in [0.3, 0.4) is 0 Å². The number of hydrogen-bond acceptors (Lipinski definition) is 6. The zero-order valence-corrected chi connectivity index (χ0v) is 19.2. The summed E-state index contributed by atoms with van der Waals surface area (Å²) in [4.78, 5) is 29.9. The first-order valence-electron chi connectivity index (χ1n) is 11.0. The third-order valence-corrected chi connectivity index (χ3v) is 6.36. The third kappa shape index (κ3) is 4.90. The molecular weight excluding hydrogens is 444 g/mol. The Hall–Kier alpha value is -2.87. The van der Waals surface area contributed by atoms with E-state index in [0.717, 1.165) is 25.2 Å². The Morgan fingerprint density at radius 3 is 2.48 bits per heavy atom. The van der Waals surface area contributed by atoms with E-state index in [1.807, 2.05) is 31.2 Å². The Balaban J connectivity index is 1.70. The first-order valence-corrected chi connectivity index (χ1v) is 11.4. The molecule has 2 aromatic rings. The number of carbonyl (C=O) groups excluding carboxylic acids is 2. The summed E-state index contributed by atoms with van der Waals surface area (Å²) in [6.45, 7) is 6.16. The predicted molar refractivity (Wildman–Crippen MR) is 125 cm³/mol. The second-order valence-electron chi connectivity index (χ2n) is 8.37. The Kier molecular flexibility index (Phi) is 7.02. The largest absolute Gasteiger partial charge is 0.507 e. The molecule has 2 saturated heterocycles. The number of amides is 1. The van der Waals surface area contributed by atoms with Crippen molar-refractivity contribution in [3.05, 3.63) is 69.8 Å². The molecule has 8 heteroatoms. The van der Waals surface area contributed by atoms with Crippen LogP contribution in [-0.2, 0) is 14.3 Å². The van der Waals surface area contributed by atoms with Crippen molar-refractivity contribution in [2.75, 3.05) is 39.4 Å². The monoisotopic (exact) mass is 470 g/mol. The number of hydrogen-bond donors (Lipinski definition) is 2. The summed E-state index contributed by atoms with van der Waals surface area (Å²) >= 11 is 6.05. The van der Waals surface area contributed by atoms with Crippen LogP contribution < -0.4 is 0 Å². The first kappa shape index (κ1) is 23.3. The number of phenolic OH excluding ortho intramolecular Hbond substituents is 1. The number of likely N-dealkylation sites (tertiary alicyclic amines) is 1. The highest BCUT2D eigenvalue weighted by atomic mass is 35.5. The summed E-state index contributed by atoms with van der Waals surface area (Å²) in [5.74, 6) is -2.10. The number of rotatable bonds is 6. The van der Waals surface area contributed by atoms with Gasteiger partial charge in [-0.15, -0.1) is 0 Å². The molecule has 0 aliphatic carbocycles. The van der Waals surface area contributed by atoms with E-state index in [4.69, 9.17) is 16.3 Å². The van der Waals surface area contributed by atoms with Gasteiger partial charge in [0.15, 0.2) is 0 Å². The van der Waals surface area contributed by atoms with Crippen LogP contribution in [-0.4, -0.2) is 71.1 Å². The van der Waals surface area contributed by atoms with E-state index in [1.165, 1.54) is 23.1 Å². The molecule has 0 spiro atoms. The lowest BCUT2D eigenvalue weighted by Crippen LogP contribution is -2.38. The zero-order chi connectivity index (χ0) is 23.5. The Labute approximate surface area is 197 Å². The maximum atomic E-state index is 13.1. The summed E-state index contributed by atoms with van der Waals surface area (Å²) in [6, 6.07) is 11.0. The fourth-order valence-corrected chi connectivity index (χ4v) is 4.51. The quantitative estimate of drug-likeness (QED) is 0.381. The van der Waals surface area contributed by atoms with Crippen molar-refractivity contribution in [2.45, 2.75) is 19.4 Å². The average molecular weight is 471 g/mol. The van der Waals surface area contributed by atoms with E-state index in [2.05, 4.69) is 4.90 Å². The van der Waals surface area contributed by atoms with Gasteiger partial charge in [-0.05, 0) is 37.1 Å². The molecule has 2 N–H and O–H groups in total. The predicted octanol–water partition coefficient (Wildman–Crippen LogP) is 3.50. The van der Waals surface area contributed by atoms with Gasteiger partial charge in [0, 0.05) is 31.2 Å². The Morgan fingerprint density at radius 1 is 1.09 bits per heavy atom. The molecule has 174 valence electrons. The normalized spacial score (nSPS) is 21.0. The number of halogens is 1. The van der Waals surface area contributed by atoms with Crippen LogP contribution in [0.25, 0.3) is 5.76 Å². The second-order valence-corrected chi connectivity index (χ2v) is 8.81. The van der Waals surface area contributed by atoms with Crippen molar-refractivity contribution in [1.82, 2.24) is 9.80 Å². The summed E-state index contributed by atoms with van der Waals surface area (Å²) in [5.41, 5.74) is 1.73. The number of phenols is 1. The molecule has 2 heterocycles. The van der Waals surface area contributed by atoms with Crippen molar-refractivity contribution in [3.63, 3.8) is 0 Å². The molecule has 1 unspecified atom stereocenters. The standard InChI is InChI=1S/C25H27ClN2O5/c1-16-3-5-17(6-4-16)22-21(23(30)19-15-18(26)7-8-20(19)29)24(31)25(32)28(22)10-2-9-27-11-13-33-14-12-27/h3-8,15,22,29-30H,2,9-14H2,1H3. The third-order valence-electron chi connectivity index (χ3n) is 6.12. The lowest BCUT2D eigenvalue weighted by molar-refractivity contribution is -0.140. The van der Waals surface area contributed by atoms with Crippen molar-refractivity contribution >= 4 is 29.1 Å². The highest BCUT2D eigenvalue weighted by Gasteiger charge is 2.46. The number of ether oxygens (including phenoxy) is 1. The molecular formula is C25H27ClN2O5. The molecule has 33 heavy (non-hydrogen) atoms. The van der Waals surface area contributed by atoms with Crippen LogP contribution >= 0.6 is 11.6 Å². The highest BCUT2D eigenvalue weighted by molar-refractivity contribution is 6.46. The molecule has 2 fully saturated rings. The molecule has 0 bridgehead atoms. The molecule has 2 aliphatic heterocycles. The zero-order valence-electron chi connectivity index (χ0n) is 18.5. The van der Waals surface area contributed by atoms with Crippen molar-refractivity contribution < 1.29 is 24.5 Å². The van der Waals surface area contributed by atoms with E-state index >= 15 is 0 Å². The molecule has 4 rings (SSSR count). The summed E-state index contributed by atoms with van der Waals surface area (Å²) in [6.07, 6.45) is 0.678. The van der Waals surface area contributed by atoms with Crippen LogP contribution in [0.4, 0.5) is 0 Å². The maximum absolute atomic E-state index is 13.1. The van der Waals surface area contributed by atoms with E-state index in [0.29, 0.717) is 36.8 Å². The molecule has 1 atom stereocenters. The van der Waals surface area contributed by atoms with Crippen molar-refractivity contribution in [2.24, 2.45) is 0 Å². The Bertz CT molecular complexity index is 1080. The second kappa shape index (κ2) is 9.95. The number of morpholine rings is 1. The summed E-state index contributed by atoms with van der Waals surface area (Å²) in [5, 5.41) is 21.7. The minimum Gasteiger partial charge on any atom is -0.507 e. The summed E-state index contributed by atoms with van der Waals surface area (Å²) < 4.78 is 5.38. The van der Waals surface area contributed by atoms with E-state index in [1.54, 1.807) is 0 Å². The number of aryl methyl sites for hydroxylation is 1. The number of aromatic hydroxyl groups is 1. The molecule has 1 amide bonds. The number of aliphatic hydroxyl groups is 1. The Morgan fingerprint density at radius 2 is 1.79 bits per heavy atom.